The van der Waals surface area contributed by atoms with Gasteiger partial charge in [-0.1, -0.05) is 0 Å². The van der Waals surface area contributed by atoms with E-state index in [1.807, 2.05) is 24.2 Å². The summed E-state index contributed by atoms with van der Waals surface area (Å²) in [6, 6.07) is 1.91. The van der Waals surface area contributed by atoms with Crippen LogP contribution in [0.4, 0.5) is 0 Å². The van der Waals surface area contributed by atoms with Crippen LogP contribution in [-0.4, -0.2) is 57.4 Å². The van der Waals surface area contributed by atoms with Crippen molar-refractivity contribution in [3.63, 3.8) is 0 Å². The van der Waals surface area contributed by atoms with Crippen LogP contribution in [0.15, 0.2) is 24.7 Å². The zero-order valence-corrected chi connectivity index (χ0v) is 13.5. The summed E-state index contributed by atoms with van der Waals surface area (Å²) in [5.41, 5.74) is 2.67. The summed E-state index contributed by atoms with van der Waals surface area (Å²) < 4.78 is 6.71. The second kappa shape index (κ2) is 6.87. The molecule has 0 aliphatic carbocycles. The molecule has 1 unspecified atom stereocenters. The molecule has 7 heteroatoms. The molecule has 1 fully saturated rings. The Kier molecular flexibility index (Phi) is 4.66. The van der Waals surface area contributed by atoms with Gasteiger partial charge in [0.1, 0.15) is 12.3 Å². The molecule has 122 valence electrons. The number of methoxy groups -OCH3 is 1. The molecule has 0 bridgehead atoms. The first-order chi connectivity index (χ1) is 11.2. The monoisotopic (exact) mass is 315 g/mol. The standard InChI is InChI=1S/C16H21N5O2/c1-20-15(5-6-19-20)14-9-17-13(8-18-14)12-4-3-7-21(10-12)16(22)11-23-2/h5-6,8-9,12H,3-4,7,10-11H2,1-2H3. The smallest absolute Gasteiger partial charge is 0.248 e. The highest BCUT2D eigenvalue weighted by Gasteiger charge is 2.25. The van der Waals surface area contributed by atoms with Crippen molar-refractivity contribution < 1.29 is 9.53 Å². The Morgan fingerprint density at radius 1 is 1.39 bits per heavy atom. The Bertz CT molecular complexity index is 667. The van der Waals surface area contributed by atoms with Gasteiger partial charge in [0.15, 0.2) is 0 Å². The van der Waals surface area contributed by atoms with E-state index in [0.717, 1.165) is 36.5 Å². The van der Waals surface area contributed by atoms with Crippen molar-refractivity contribution in [3.05, 3.63) is 30.4 Å². The van der Waals surface area contributed by atoms with Gasteiger partial charge in [0.2, 0.25) is 5.91 Å². The minimum Gasteiger partial charge on any atom is -0.375 e. The number of hydrogen-bond donors (Lipinski definition) is 0. The number of ether oxygens (including phenoxy) is 1. The van der Waals surface area contributed by atoms with Gasteiger partial charge >= 0.3 is 0 Å². The molecule has 0 spiro atoms. The molecule has 0 N–H and O–H groups in total. The Balaban J connectivity index is 1.72. The zero-order chi connectivity index (χ0) is 16.2. The van der Waals surface area contributed by atoms with E-state index in [-0.39, 0.29) is 18.4 Å². The number of rotatable bonds is 4. The molecule has 2 aromatic rings. The van der Waals surface area contributed by atoms with Crippen LogP contribution in [-0.2, 0) is 16.6 Å². The summed E-state index contributed by atoms with van der Waals surface area (Å²) in [6.07, 6.45) is 7.34. The van der Waals surface area contributed by atoms with E-state index < -0.39 is 0 Å². The summed E-state index contributed by atoms with van der Waals surface area (Å²) in [6.45, 7) is 1.61. The third kappa shape index (κ3) is 3.39. The van der Waals surface area contributed by atoms with E-state index in [2.05, 4.69) is 15.1 Å². The topological polar surface area (TPSA) is 73.1 Å². The Hall–Kier alpha value is -2.28. The lowest BCUT2D eigenvalue weighted by Crippen LogP contribution is -2.41. The van der Waals surface area contributed by atoms with Gasteiger partial charge in [-0.15, -0.1) is 0 Å². The maximum atomic E-state index is 12.0. The van der Waals surface area contributed by atoms with Crippen molar-refractivity contribution in [3.8, 4) is 11.4 Å². The Morgan fingerprint density at radius 3 is 2.91 bits per heavy atom. The van der Waals surface area contributed by atoms with Crippen LogP contribution < -0.4 is 0 Å². The fourth-order valence-corrected chi connectivity index (χ4v) is 2.97. The summed E-state index contributed by atoms with van der Waals surface area (Å²) in [5, 5.41) is 4.14. The van der Waals surface area contributed by atoms with Gasteiger partial charge in [-0.3, -0.25) is 19.4 Å². The van der Waals surface area contributed by atoms with E-state index in [4.69, 9.17) is 4.74 Å². The van der Waals surface area contributed by atoms with E-state index in [1.165, 1.54) is 0 Å². The number of nitrogens with zero attached hydrogens (tertiary/aromatic N) is 5. The number of piperidine rings is 1. The number of likely N-dealkylation sites (tertiary alicyclic amines) is 1. The third-order valence-corrected chi connectivity index (χ3v) is 4.22. The van der Waals surface area contributed by atoms with Crippen molar-refractivity contribution >= 4 is 5.91 Å². The second-order valence-electron chi connectivity index (χ2n) is 5.78. The molecule has 2 aromatic heterocycles. The van der Waals surface area contributed by atoms with Crippen LogP contribution in [0.25, 0.3) is 11.4 Å². The number of aryl methyl sites for hydroxylation is 1. The molecule has 7 nitrogen and oxygen atoms in total. The Morgan fingerprint density at radius 2 is 2.26 bits per heavy atom. The first-order valence-electron chi connectivity index (χ1n) is 7.76. The molecule has 0 saturated carbocycles. The number of carbonyl (C=O) groups excluding carboxylic acids is 1. The lowest BCUT2D eigenvalue weighted by atomic mass is 9.95. The summed E-state index contributed by atoms with van der Waals surface area (Å²) in [4.78, 5) is 22.9. The molecule has 1 atom stereocenters. The molecular formula is C16H21N5O2. The van der Waals surface area contributed by atoms with Gasteiger partial charge in [0.25, 0.3) is 0 Å². The fraction of sp³-hybridized carbons (Fsp3) is 0.500. The third-order valence-electron chi connectivity index (χ3n) is 4.22. The van der Waals surface area contributed by atoms with Crippen molar-refractivity contribution in [2.45, 2.75) is 18.8 Å². The average Bonchev–Trinajstić information content (AvgIpc) is 3.01. The minimum atomic E-state index is 0.0386. The normalized spacial score (nSPS) is 18.2. The maximum Gasteiger partial charge on any atom is 0.248 e. The first kappa shape index (κ1) is 15.6. The van der Waals surface area contributed by atoms with E-state index in [1.54, 1.807) is 24.2 Å². The van der Waals surface area contributed by atoms with Crippen LogP contribution in [0.1, 0.15) is 24.5 Å². The lowest BCUT2D eigenvalue weighted by Gasteiger charge is -2.32. The number of carbonyl (C=O) groups is 1. The molecule has 23 heavy (non-hydrogen) atoms. The highest BCUT2D eigenvalue weighted by atomic mass is 16.5. The van der Waals surface area contributed by atoms with Gasteiger partial charge in [0.05, 0.1) is 17.6 Å². The van der Waals surface area contributed by atoms with Crippen LogP contribution in [0.3, 0.4) is 0 Å². The number of aromatic nitrogens is 4. The number of amides is 1. The van der Waals surface area contributed by atoms with Gasteiger partial charge in [-0.05, 0) is 18.9 Å². The molecule has 3 heterocycles. The quantitative estimate of drug-likeness (QED) is 0.848. The summed E-state index contributed by atoms with van der Waals surface area (Å²) in [7, 11) is 3.42. The second-order valence-corrected chi connectivity index (χ2v) is 5.78. The van der Waals surface area contributed by atoms with Gasteiger partial charge in [-0.25, -0.2) is 0 Å². The highest BCUT2D eigenvalue weighted by Crippen LogP contribution is 2.26. The van der Waals surface area contributed by atoms with Gasteiger partial charge < -0.3 is 9.64 Å². The average molecular weight is 315 g/mol. The minimum absolute atomic E-state index is 0.0386. The molecule has 1 saturated heterocycles. The molecule has 1 aliphatic rings. The molecule has 1 amide bonds. The molecule has 0 aromatic carbocycles. The van der Waals surface area contributed by atoms with E-state index >= 15 is 0 Å². The van der Waals surface area contributed by atoms with Crippen LogP contribution in [0, 0.1) is 0 Å². The maximum absolute atomic E-state index is 12.0. The van der Waals surface area contributed by atoms with E-state index in [9.17, 15) is 4.79 Å². The van der Waals surface area contributed by atoms with Gasteiger partial charge in [-0.2, -0.15) is 5.10 Å². The fourth-order valence-electron chi connectivity index (χ4n) is 2.97. The zero-order valence-electron chi connectivity index (χ0n) is 13.5. The van der Waals surface area contributed by atoms with Crippen molar-refractivity contribution in [2.24, 2.45) is 7.05 Å². The summed E-state index contributed by atoms with van der Waals surface area (Å²) >= 11 is 0. The highest BCUT2D eigenvalue weighted by molar-refractivity contribution is 5.77. The summed E-state index contributed by atoms with van der Waals surface area (Å²) in [5.74, 6) is 0.273. The predicted molar refractivity (Wildman–Crippen MR) is 84.7 cm³/mol. The molecule has 1 aliphatic heterocycles. The van der Waals surface area contributed by atoms with Crippen LogP contribution >= 0.6 is 0 Å². The molecule has 0 radical (unpaired) electrons. The largest absolute Gasteiger partial charge is 0.375 e. The molecule has 3 rings (SSSR count). The lowest BCUT2D eigenvalue weighted by molar-refractivity contribution is -0.136. The van der Waals surface area contributed by atoms with Gasteiger partial charge in [0, 0.05) is 45.6 Å². The number of hydrogen-bond acceptors (Lipinski definition) is 5. The van der Waals surface area contributed by atoms with Crippen LogP contribution in [0.2, 0.25) is 0 Å². The molecular weight excluding hydrogens is 294 g/mol. The van der Waals surface area contributed by atoms with Crippen LogP contribution in [0.5, 0.6) is 0 Å². The predicted octanol–water partition coefficient (Wildman–Crippen LogP) is 1.23. The SMILES string of the molecule is COCC(=O)N1CCCC(c2cnc(-c3ccnn3C)cn2)C1. The van der Waals surface area contributed by atoms with Crippen molar-refractivity contribution in [1.82, 2.24) is 24.6 Å². The van der Waals surface area contributed by atoms with Crippen molar-refractivity contribution in [2.75, 3.05) is 26.8 Å². The first-order valence-corrected chi connectivity index (χ1v) is 7.76. The van der Waals surface area contributed by atoms with Crippen molar-refractivity contribution in [1.29, 1.82) is 0 Å². The Labute approximate surface area is 135 Å². The van der Waals surface area contributed by atoms with E-state index in [0.29, 0.717) is 6.54 Å².